The van der Waals surface area contributed by atoms with Crippen LogP contribution in [0.1, 0.15) is 18.4 Å². The zero-order chi connectivity index (χ0) is 15.5. The van der Waals surface area contributed by atoms with Crippen LogP contribution in [0.4, 0.5) is 13.2 Å². The van der Waals surface area contributed by atoms with Crippen molar-refractivity contribution in [3.05, 3.63) is 35.9 Å². The Morgan fingerprint density at radius 2 is 1.95 bits per heavy atom. The van der Waals surface area contributed by atoms with Gasteiger partial charge in [-0.3, -0.25) is 9.59 Å². The van der Waals surface area contributed by atoms with E-state index in [0.717, 1.165) is 5.56 Å². The largest absolute Gasteiger partial charge is 0.397 e. The quantitative estimate of drug-likeness (QED) is 0.922. The van der Waals surface area contributed by atoms with Gasteiger partial charge < -0.3 is 10.2 Å². The highest BCUT2D eigenvalue weighted by molar-refractivity contribution is 5.82. The number of likely N-dealkylation sites (tertiary alicyclic amines) is 1. The fourth-order valence-electron chi connectivity index (χ4n) is 2.29. The molecule has 1 heterocycles. The highest BCUT2D eigenvalue weighted by Gasteiger charge is 2.35. The Hall–Kier alpha value is -2.05. The SMILES string of the molecule is O=C(CC(F)(F)F)N[C@H]1CC(=O)N(Cc2ccccc2)C1. The summed E-state index contributed by atoms with van der Waals surface area (Å²) in [5.41, 5.74) is 0.938. The lowest BCUT2D eigenvalue weighted by Crippen LogP contribution is -2.38. The van der Waals surface area contributed by atoms with Crippen LogP contribution in [0.3, 0.4) is 0 Å². The summed E-state index contributed by atoms with van der Waals surface area (Å²) >= 11 is 0. The molecule has 1 aromatic carbocycles. The van der Waals surface area contributed by atoms with Crippen molar-refractivity contribution in [3.8, 4) is 0 Å². The Kier molecular flexibility index (Phi) is 4.50. The van der Waals surface area contributed by atoms with E-state index in [-0.39, 0.29) is 18.9 Å². The summed E-state index contributed by atoms with van der Waals surface area (Å²) in [6.45, 7) is 0.628. The Labute approximate surface area is 119 Å². The van der Waals surface area contributed by atoms with Crippen LogP contribution in [-0.2, 0) is 16.1 Å². The third kappa shape index (κ3) is 4.77. The highest BCUT2D eigenvalue weighted by atomic mass is 19.4. The number of benzene rings is 1. The molecule has 0 aliphatic carbocycles. The molecule has 2 rings (SSSR count). The predicted octanol–water partition coefficient (Wildman–Crippen LogP) is 1.86. The van der Waals surface area contributed by atoms with Crippen molar-refractivity contribution >= 4 is 11.8 Å². The fraction of sp³-hybridized carbons (Fsp3) is 0.429. The molecule has 21 heavy (non-hydrogen) atoms. The second-order valence-corrected chi connectivity index (χ2v) is 5.02. The molecule has 7 heteroatoms. The highest BCUT2D eigenvalue weighted by Crippen LogP contribution is 2.20. The topological polar surface area (TPSA) is 49.4 Å². The van der Waals surface area contributed by atoms with Crippen molar-refractivity contribution in [1.29, 1.82) is 0 Å². The third-order valence-corrected chi connectivity index (χ3v) is 3.16. The normalized spacial score (nSPS) is 18.9. The standard InChI is InChI=1S/C14H15F3N2O2/c15-14(16,17)7-12(20)18-11-6-13(21)19(9-11)8-10-4-2-1-3-5-10/h1-5,11H,6-9H2,(H,18,20)/t11-/m0/s1. The van der Waals surface area contributed by atoms with E-state index in [9.17, 15) is 22.8 Å². The predicted molar refractivity (Wildman–Crippen MR) is 69.1 cm³/mol. The molecule has 0 bridgehead atoms. The second kappa shape index (κ2) is 6.15. The van der Waals surface area contributed by atoms with Crippen LogP contribution in [0.2, 0.25) is 0 Å². The molecule has 1 aromatic rings. The van der Waals surface area contributed by atoms with Crippen LogP contribution in [0.25, 0.3) is 0 Å². The lowest BCUT2D eigenvalue weighted by Gasteiger charge is -2.17. The van der Waals surface area contributed by atoms with E-state index in [2.05, 4.69) is 5.32 Å². The molecular weight excluding hydrogens is 285 g/mol. The average Bonchev–Trinajstić information content (AvgIpc) is 2.68. The summed E-state index contributed by atoms with van der Waals surface area (Å²) in [7, 11) is 0. The van der Waals surface area contributed by atoms with E-state index < -0.39 is 24.5 Å². The van der Waals surface area contributed by atoms with Gasteiger partial charge in [-0.15, -0.1) is 0 Å². The minimum Gasteiger partial charge on any atom is -0.351 e. The zero-order valence-electron chi connectivity index (χ0n) is 11.2. The summed E-state index contributed by atoms with van der Waals surface area (Å²) < 4.78 is 36.2. The van der Waals surface area contributed by atoms with Crippen LogP contribution < -0.4 is 5.32 Å². The van der Waals surface area contributed by atoms with Gasteiger partial charge >= 0.3 is 6.18 Å². The summed E-state index contributed by atoms with van der Waals surface area (Å²) in [6, 6.07) is 8.72. The minimum atomic E-state index is -4.53. The van der Waals surface area contributed by atoms with Crippen molar-refractivity contribution in [2.45, 2.75) is 31.6 Å². The third-order valence-electron chi connectivity index (χ3n) is 3.16. The number of amides is 2. The Morgan fingerprint density at radius 3 is 2.57 bits per heavy atom. The molecule has 1 saturated heterocycles. The number of hydrogen-bond acceptors (Lipinski definition) is 2. The van der Waals surface area contributed by atoms with Crippen molar-refractivity contribution in [2.75, 3.05) is 6.54 Å². The van der Waals surface area contributed by atoms with Gasteiger partial charge in [-0.2, -0.15) is 13.2 Å². The molecule has 1 atom stereocenters. The molecule has 0 spiro atoms. The maximum Gasteiger partial charge on any atom is 0.397 e. The van der Waals surface area contributed by atoms with Gasteiger partial charge in [0.1, 0.15) is 6.42 Å². The van der Waals surface area contributed by atoms with Gasteiger partial charge in [-0.1, -0.05) is 30.3 Å². The summed E-state index contributed by atoms with van der Waals surface area (Å²) in [5, 5.41) is 2.26. The fourth-order valence-corrected chi connectivity index (χ4v) is 2.29. The van der Waals surface area contributed by atoms with Crippen molar-refractivity contribution < 1.29 is 22.8 Å². The zero-order valence-corrected chi connectivity index (χ0v) is 11.2. The van der Waals surface area contributed by atoms with Crippen molar-refractivity contribution in [3.63, 3.8) is 0 Å². The molecule has 1 fully saturated rings. The molecule has 0 aromatic heterocycles. The minimum absolute atomic E-state index is 0.0381. The van der Waals surface area contributed by atoms with E-state index in [0.29, 0.717) is 6.54 Å². The number of hydrogen-bond donors (Lipinski definition) is 1. The van der Waals surface area contributed by atoms with Crippen LogP contribution in [0, 0.1) is 0 Å². The van der Waals surface area contributed by atoms with Gasteiger partial charge in [0.2, 0.25) is 11.8 Å². The molecule has 114 valence electrons. The first-order valence-corrected chi connectivity index (χ1v) is 6.51. The maximum absolute atomic E-state index is 12.1. The van der Waals surface area contributed by atoms with Crippen LogP contribution >= 0.6 is 0 Å². The average molecular weight is 300 g/mol. The summed E-state index contributed by atoms with van der Waals surface area (Å²) in [6.07, 6.45) is -6.01. The van der Waals surface area contributed by atoms with Gasteiger partial charge in [0.15, 0.2) is 0 Å². The van der Waals surface area contributed by atoms with Crippen LogP contribution in [0.5, 0.6) is 0 Å². The van der Waals surface area contributed by atoms with Crippen LogP contribution in [0.15, 0.2) is 30.3 Å². The number of halogens is 3. The monoisotopic (exact) mass is 300 g/mol. The van der Waals surface area contributed by atoms with E-state index in [4.69, 9.17) is 0 Å². The first-order valence-electron chi connectivity index (χ1n) is 6.51. The lowest BCUT2D eigenvalue weighted by molar-refractivity contribution is -0.154. The molecule has 0 radical (unpaired) electrons. The maximum atomic E-state index is 12.1. The van der Waals surface area contributed by atoms with Gasteiger partial charge in [0, 0.05) is 19.5 Å². The van der Waals surface area contributed by atoms with E-state index in [1.807, 2.05) is 30.3 Å². The molecule has 1 aliphatic heterocycles. The lowest BCUT2D eigenvalue weighted by atomic mass is 10.2. The molecule has 4 nitrogen and oxygen atoms in total. The number of carbonyl (C=O) groups is 2. The number of alkyl halides is 3. The van der Waals surface area contributed by atoms with Gasteiger partial charge in [-0.05, 0) is 5.56 Å². The molecule has 2 amide bonds. The Balaban J connectivity index is 1.86. The summed E-state index contributed by atoms with van der Waals surface area (Å²) in [5.74, 6) is -1.27. The number of nitrogens with one attached hydrogen (secondary N) is 1. The Morgan fingerprint density at radius 1 is 1.29 bits per heavy atom. The van der Waals surface area contributed by atoms with Crippen LogP contribution in [-0.4, -0.2) is 35.5 Å². The van der Waals surface area contributed by atoms with E-state index >= 15 is 0 Å². The molecule has 0 saturated carbocycles. The number of carbonyl (C=O) groups excluding carboxylic acids is 2. The van der Waals surface area contributed by atoms with Gasteiger partial charge in [0.25, 0.3) is 0 Å². The first kappa shape index (κ1) is 15.3. The molecular formula is C14H15F3N2O2. The number of nitrogens with zero attached hydrogens (tertiary/aromatic N) is 1. The van der Waals surface area contributed by atoms with Crippen molar-refractivity contribution in [1.82, 2.24) is 10.2 Å². The van der Waals surface area contributed by atoms with Crippen molar-refractivity contribution in [2.24, 2.45) is 0 Å². The van der Waals surface area contributed by atoms with Gasteiger partial charge in [-0.25, -0.2) is 0 Å². The second-order valence-electron chi connectivity index (χ2n) is 5.02. The van der Waals surface area contributed by atoms with E-state index in [1.165, 1.54) is 4.90 Å². The van der Waals surface area contributed by atoms with E-state index in [1.54, 1.807) is 0 Å². The van der Waals surface area contributed by atoms with Gasteiger partial charge in [0.05, 0.1) is 6.04 Å². The molecule has 1 aliphatic rings. The smallest absolute Gasteiger partial charge is 0.351 e. The molecule has 0 unspecified atom stereocenters. The first-order chi connectivity index (χ1) is 9.83. The molecule has 1 N–H and O–H groups in total. The number of rotatable bonds is 4. The summed E-state index contributed by atoms with van der Waals surface area (Å²) in [4.78, 5) is 24.6. The Bertz CT molecular complexity index is 517.